The Morgan fingerprint density at radius 1 is 1.12 bits per heavy atom. The Labute approximate surface area is 191 Å². The van der Waals surface area contributed by atoms with Crippen LogP contribution in [-0.4, -0.2) is 33.5 Å². The molecule has 1 aliphatic carbocycles. The molecule has 1 saturated carbocycles. The van der Waals surface area contributed by atoms with Crippen molar-refractivity contribution in [2.45, 2.75) is 64.3 Å². The predicted molar refractivity (Wildman–Crippen MR) is 130 cm³/mol. The molecule has 32 heavy (non-hydrogen) atoms. The highest BCUT2D eigenvalue weighted by Gasteiger charge is 2.37. The number of hydrogen-bond donors (Lipinski definition) is 1. The molecular formula is C25H33N3O3S. The number of aryl methyl sites for hydroxylation is 1. The van der Waals surface area contributed by atoms with Crippen molar-refractivity contribution in [3.63, 3.8) is 0 Å². The van der Waals surface area contributed by atoms with Gasteiger partial charge in [0.05, 0.1) is 10.6 Å². The molecule has 172 valence electrons. The first-order valence-corrected chi connectivity index (χ1v) is 13.1. The zero-order valence-corrected chi connectivity index (χ0v) is 20.2. The van der Waals surface area contributed by atoms with Gasteiger partial charge in [-0.1, -0.05) is 6.42 Å². The summed E-state index contributed by atoms with van der Waals surface area (Å²) in [7, 11) is -3.73. The van der Waals surface area contributed by atoms with Crippen molar-refractivity contribution in [2.75, 3.05) is 27.6 Å². The van der Waals surface area contributed by atoms with E-state index in [1.54, 1.807) is 18.2 Å². The Kier molecular flexibility index (Phi) is 6.21. The number of hydrogen-bond acceptors (Lipinski definition) is 4. The summed E-state index contributed by atoms with van der Waals surface area (Å²) in [5.74, 6) is 0.302. The van der Waals surface area contributed by atoms with Crippen molar-refractivity contribution >= 4 is 33.0 Å². The van der Waals surface area contributed by atoms with Crippen molar-refractivity contribution < 1.29 is 13.2 Å². The topological polar surface area (TPSA) is 69.7 Å². The molecule has 7 heteroatoms. The average molecular weight is 456 g/mol. The van der Waals surface area contributed by atoms with E-state index in [1.807, 2.05) is 36.9 Å². The van der Waals surface area contributed by atoms with E-state index < -0.39 is 10.0 Å². The number of sulfonamides is 1. The number of carbonyl (C=O) groups excluding carboxylic acids is 1. The van der Waals surface area contributed by atoms with Gasteiger partial charge < -0.3 is 9.80 Å². The molecule has 0 radical (unpaired) electrons. The number of fused-ring (bicyclic) bond motifs is 1. The fourth-order valence-corrected chi connectivity index (χ4v) is 5.89. The Balaban J connectivity index is 1.57. The first-order valence-electron chi connectivity index (χ1n) is 11.6. The van der Waals surface area contributed by atoms with Gasteiger partial charge in [-0.2, -0.15) is 0 Å². The number of benzene rings is 2. The zero-order chi connectivity index (χ0) is 23.0. The third kappa shape index (κ3) is 4.10. The van der Waals surface area contributed by atoms with Gasteiger partial charge in [-0.15, -0.1) is 0 Å². The van der Waals surface area contributed by atoms with Crippen molar-refractivity contribution in [2.24, 2.45) is 5.92 Å². The zero-order valence-electron chi connectivity index (χ0n) is 19.4. The molecule has 6 nitrogen and oxygen atoms in total. The second-order valence-electron chi connectivity index (χ2n) is 8.96. The maximum Gasteiger partial charge on any atom is 0.261 e. The SMILES string of the molecule is CCN(CC)c1ccc(NS(=O)(=O)c2ccc3c(c2)C[C@@H](C)N3C(=O)C2CCC2)c(C)c1. The van der Waals surface area contributed by atoms with Crippen molar-refractivity contribution in [1.29, 1.82) is 0 Å². The molecule has 1 fully saturated rings. The summed E-state index contributed by atoms with van der Waals surface area (Å²) in [6, 6.07) is 11.0. The van der Waals surface area contributed by atoms with Crippen LogP contribution < -0.4 is 14.5 Å². The highest BCUT2D eigenvalue weighted by atomic mass is 32.2. The highest BCUT2D eigenvalue weighted by Crippen LogP contribution is 2.38. The summed E-state index contributed by atoms with van der Waals surface area (Å²) in [4.78, 5) is 17.2. The highest BCUT2D eigenvalue weighted by molar-refractivity contribution is 7.92. The van der Waals surface area contributed by atoms with Crippen LogP contribution in [0.25, 0.3) is 0 Å². The van der Waals surface area contributed by atoms with Gasteiger partial charge in [0.2, 0.25) is 5.91 Å². The van der Waals surface area contributed by atoms with E-state index >= 15 is 0 Å². The maximum absolute atomic E-state index is 13.1. The van der Waals surface area contributed by atoms with Crippen LogP contribution in [0, 0.1) is 12.8 Å². The minimum Gasteiger partial charge on any atom is -0.372 e. The fourth-order valence-electron chi connectivity index (χ4n) is 4.71. The third-order valence-corrected chi connectivity index (χ3v) is 8.21. The van der Waals surface area contributed by atoms with Crippen LogP contribution in [0.15, 0.2) is 41.3 Å². The smallest absolute Gasteiger partial charge is 0.261 e. The van der Waals surface area contributed by atoms with Gasteiger partial charge in [0.1, 0.15) is 0 Å². The molecule has 1 aliphatic heterocycles. The molecule has 1 N–H and O–H groups in total. The van der Waals surface area contributed by atoms with Crippen molar-refractivity contribution in [3.8, 4) is 0 Å². The second-order valence-corrected chi connectivity index (χ2v) is 10.6. The van der Waals surface area contributed by atoms with Crippen molar-refractivity contribution in [3.05, 3.63) is 47.5 Å². The quantitative estimate of drug-likeness (QED) is 0.656. The summed E-state index contributed by atoms with van der Waals surface area (Å²) in [5.41, 5.74) is 4.31. The molecule has 2 aromatic carbocycles. The lowest BCUT2D eigenvalue weighted by molar-refractivity contribution is -0.125. The molecule has 0 bridgehead atoms. The van der Waals surface area contributed by atoms with E-state index in [1.165, 1.54) is 0 Å². The molecule has 1 heterocycles. The summed E-state index contributed by atoms with van der Waals surface area (Å²) in [6.07, 6.45) is 3.71. The Bertz CT molecular complexity index is 1120. The maximum atomic E-state index is 13.1. The summed E-state index contributed by atoms with van der Waals surface area (Å²) in [6.45, 7) is 9.95. The molecule has 2 aliphatic rings. The van der Waals surface area contributed by atoms with Gasteiger partial charge in [0, 0.05) is 36.4 Å². The first kappa shape index (κ1) is 22.6. The first-order chi connectivity index (χ1) is 15.2. The average Bonchev–Trinajstić information content (AvgIpc) is 3.04. The molecule has 2 aromatic rings. The molecule has 1 amide bonds. The van der Waals surface area contributed by atoms with E-state index in [0.717, 1.165) is 54.9 Å². The van der Waals surface area contributed by atoms with Crippen LogP contribution in [0.4, 0.5) is 17.1 Å². The lowest BCUT2D eigenvalue weighted by Crippen LogP contribution is -2.42. The van der Waals surface area contributed by atoms with Gasteiger partial charge >= 0.3 is 0 Å². The van der Waals surface area contributed by atoms with Gasteiger partial charge in [-0.25, -0.2) is 8.42 Å². The lowest BCUT2D eigenvalue weighted by atomic mass is 9.84. The second kappa shape index (κ2) is 8.77. The number of carbonyl (C=O) groups is 1. The van der Waals surface area contributed by atoms with E-state index in [0.29, 0.717) is 12.1 Å². The Morgan fingerprint density at radius 3 is 2.44 bits per heavy atom. The van der Waals surface area contributed by atoms with Gasteiger partial charge in [0.15, 0.2) is 0 Å². The minimum atomic E-state index is -3.73. The number of rotatable bonds is 7. The van der Waals surface area contributed by atoms with Crippen LogP contribution in [0.3, 0.4) is 0 Å². The molecule has 0 aromatic heterocycles. The number of anilines is 3. The van der Waals surface area contributed by atoms with E-state index in [9.17, 15) is 13.2 Å². The lowest BCUT2D eigenvalue weighted by Gasteiger charge is -2.32. The van der Waals surface area contributed by atoms with Crippen molar-refractivity contribution in [1.82, 2.24) is 0 Å². The summed E-state index contributed by atoms with van der Waals surface area (Å²) < 4.78 is 29.0. The van der Waals surface area contributed by atoms with Gasteiger partial charge in [-0.05, 0) is 94.5 Å². The minimum absolute atomic E-state index is 0.0545. The number of nitrogens with one attached hydrogen (secondary N) is 1. The summed E-state index contributed by atoms with van der Waals surface area (Å²) in [5, 5.41) is 0. The Morgan fingerprint density at radius 2 is 1.84 bits per heavy atom. The van der Waals surface area contributed by atoms with Crippen LogP contribution >= 0.6 is 0 Å². The standard InChI is InChI=1S/C25H33N3O3S/c1-5-27(6-2)21-10-12-23(17(3)14-21)26-32(30,31)22-11-13-24-20(16-22)15-18(4)28(24)25(29)19-8-7-9-19/h10-14,16,18-19,26H,5-9,15H2,1-4H3/t18-/m1/s1. The molecule has 4 rings (SSSR count). The van der Waals surface area contributed by atoms with E-state index in [4.69, 9.17) is 0 Å². The number of nitrogens with zero attached hydrogens (tertiary/aromatic N) is 2. The molecule has 0 saturated heterocycles. The molecule has 0 unspecified atom stereocenters. The largest absolute Gasteiger partial charge is 0.372 e. The molecule has 0 spiro atoms. The van der Waals surface area contributed by atoms with Gasteiger partial charge in [0.25, 0.3) is 10.0 Å². The van der Waals surface area contributed by atoms with Crippen LogP contribution in [0.5, 0.6) is 0 Å². The molecular weight excluding hydrogens is 422 g/mol. The van der Waals surface area contributed by atoms with Crippen LogP contribution in [-0.2, 0) is 21.2 Å². The monoisotopic (exact) mass is 455 g/mol. The summed E-state index contributed by atoms with van der Waals surface area (Å²) >= 11 is 0. The molecule has 1 atom stereocenters. The van der Waals surface area contributed by atoms with Crippen LogP contribution in [0.2, 0.25) is 0 Å². The van der Waals surface area contributed by atoms with E-state index in [2.05, 4.69) is 23.5 Å². The van der Waals surface area contributed by atoms with Crippen LogP contribution in [0.1, 0.15) is 51.2 Å². The normalized spacial score (nSPS) is 18.2. The van der Waals surface area contributed by atoms with E-state index in [-0.39, 0.29) is 22.8 Å². The fraction of sp³-hybridized carbons (Fsp3) is 0.480. The number of amides is 1. The predicted octanol–water partition coefficient (Wildman–Crippen LogP) is 4.72. The third-order valence-electron chi connectivity index (χ3n) is 6.85. The Hall–Kier alpha value is -2.54. The van der Waals surface area contributed by atoms with Gasteiger partial charge in [-0.3, -0.25) is 9.52 Å².